The third-order valence-corrected chi connectivity index (χ3v) is 3.95. The summed E-state index contributed by atoms with van der Waals surface area (Å²) in [5.74, 6) is -1.11. The number of carbonyl (C=O) groups excluding carboxylic acids is 2. The molecule has 1 aliphatic heterocycles. The van der Waals surface area contributed by atoms with Gasteiger partial charge in [0.15, 0.2) is 0 Å². The van der Waals surface area contributed by atoms with Crippen molar-refractivity contribution in [3.05, 3.63) is 5.01 Å². The number of nitrogens with one attached hydrogen (secondary N) is 2. The molecule has 1 saturated heterocycles. The maximum Gasteiger partial charge on any atom is 0.315 e. The fourth-order valence-electron chi connectivity index (χ4n) is 2.02. The monoisotopic (exact) mass is 284 g/mol. The van der Waals surface area contributed by atoms with E-state index in [1.54, 1.807) is 11.8 Å². The average Bonchev–Trinajstić information content (AvgIpc) is 2.83. The maximum absolute atomic E-state index is 12.0. The number of aromatic nitrogens is 2. The summed E-state index contributed by atoms with van der Waals surface area (Å²) >= 11 is 1.26. The predicted molar refractivity (Wildman–Crippen MR) is 71.1 cm³/mol. The van der Waals surface area contributed by atoms with Crippen LogP contribution in [0, 0.1) is 6.92 Å². The topological polar surface area (TPSA) is 79.6 Å². The first-order chi connectivity index (χ1) is 9.10. The number of amides is 2. The molecule has 1 aromatic heterocycles. The summed E-state index contributed by atoms with van der Waals surface area (Å²) in [7, 11) is 0. The number of hydrogen-bond acceptors (Lipinski definition) is 5. The van der Waals surface area contributed by atoms with Gasteiger partial charge in [-0.15, -0.1) is 10.2 Å². The van der Waals surface area contributed by atoms with Crippen LogP contribution in [-0.4, -0.2) is 59.6 Å². The van der Waals surface area contributed by atoms with Crippen LogP contribution in [-0.2, 0) is 9.59 Å². The number of likely N-dealkylation sites (N-methyl/N-ethyl adjacent to an activating group) is 1. The summed E-state index contributed by atoms with van der Waals surface area (Å²) < 4.78 is 0. The zero-order valence-corrected chi connectivity index (χ0v) is 11.9. The molecule has 1 aromatic rings. The number of carbonyl (C=O) groups is 2. The van der Waals surface area contributed by atoms with E-state index in [2.05, 4.69) is 22.4 Å². The first kappa shape index (κ1) is 13.9. The number of nitrogens with zero attached hydrogens (tertiary/aromatic N) is 3. The van der Waals surface area contributed by atoms with E-state index in [0.29, 0.717) is 18.2 Å². The van der Waals surface area contributed by atoms with E-state index in [1.807, 2.05) is 0 Å². The molecule has 0 atom stereocenters. The molecular weight excluding hydrogens is 266 g/mol. The molecule has 0 spiro atoms. The minimum atomic E-state index is -0.629. The lowest BCUT2D eigenvalue weighted by atomic mass is 10.3. The van der Waals surface area contributed by atoms with Crippen molar-refractivity contribution in [1.29, 1.82) is 0 Å². The van der Waals surface area contributed by atoms with E-state index in [1.165, 1.54) is 16.2 Å². The highest BCUT2D eigenvalue weighted by atomic mass is 32.1. The summed E-state index contributed by atoms with van der Waals surface area (Å²) in [6.07, 6.45) is 0. The average molecular weight is 284 g/mol. The van der Waals surface area contributed by atoms with E-state index in [9.17, 15) is 9.59 Å². The molecule has 0 radical (unpaired) electrons. The van der Waals surface area contributed by atoms with Gasteiger partial charge in [-0.25, -0.2) is 0 Å². The van der Waals surface area contributed by atoms with Gasteiger partial charge >= 0.3 is 11.8 Å². The minimum Gasteiger partial charge on any atom is -0.332 e. The summed E-state index contributed by atoms with van der Waals surface area (Å²) in [4.78, 5) is 26.8. The van der Waals surface area contributed by atoms with Gasteiger partial charge in [-0.1, -0.05) is 11.3 Å². The second kappa shape index (κ2) is 6.07. The zero-order chi connectivity index (χ0) is 13.8. The van der Waals surface area contributed by atoms with Gasteiger partial charge in [0, 0.05) is 0 Å². The van der Waals surface area contributed by atoms with Crippen LogP contribution in [0.25, 0.3) is 0 Å². The summed E-state index contributed by atoms with van der Waals surface area (Å²) in [5, 5.41) is 11.2. The molecule has 2 heterocycles. The zero-order valence-electron chi connectivity index (χ0n) is 11.1. The van der Waals surface area contributed by atoms with Gasteiger partial charge in [-0.05, 0) is 13.8 Å². The molecule has 104 valence electrons. The highest BCUT2D eigenvalue weighted by molar-refractivity contribution is 7.15. The van der Waals surface area contributed by atoms with Crippen LogP contribution in [0.4, 0.5) is 5.13 Å². The minimum absolute atomic E-state index is 0.369. The van der Waals surface area contributed by atoms with Crippen molar-refractivity contribution in [2.24, 2.45) is 0 Å². The predicted octanol–water partition coefficient (Wildman–Crippen LogP) is -1.47. The van der Waals surface area contributed by atoms with E-state index in [0.717, 1.165) is 24.6 Å². The van der Waals surface area contributed by atoms with E-state index >= 15 is 0 Å². The summed E-state index contributed by atoms with van der Waals surface area (Å²) in [5.41, 5.74) is 0. The first-order valence-electron chi connectivity index (χ1n) is 6.34. The molecule has 8 heteroatoms. The van der Waals surface area contributed by atoms with Gasteiger partial charge in [-0.2, -0.15) is 0 Å². The van der Waals surface area contributed by atoms with Crippen molar-refractivity contribution >= 4 is 28.3 Å². The molecular formula is C11H18N5O2S+. The third-order valence-electron chi connectivity index (χ3n) is 3.20. The van der Waals surface area contributed by atoms with Crippen LogP contribution in [0.15, 0.2) is 0 Å². The van der Waals surface area contributed by atoms with Crippen LogP contribution in [0.1, 0.15) is 11.9 Å². The Bertz CT molecular complexity index is 467. The van der Waals surface area contributed by atoms with Crippen molar-refractivity contribution in [3.63, 3.8) is 0 Å². The van der Waals surface area contributed by atoms with E-state index in [-0.39, 0.29) is 0 Å². The Labute approximate surface area is 115 Å². The lowest BCUT2D eigenvalue weighted by Crippen LogP contribution is -3.14. The van der Waals surface area contributed by atoms with E-state index < -0.39 is 11.8 Å². The second-order valence-corrected chi connectivity index (χ2v) is 5.66. The van der Waals surface area contributed by atoms with Crippen LogP contribution in [0.3, 0.4) is 0 Å². The highest BCUT2D eigenvalue weighted by Crippen LogP contribution is 2.13. The molecule has 0 saturated carbocycles. The van der Waals surface area contributed by atoms with Crippen LogP contribution in [0.5, 0.6) is 0 Å². The molecule has 1 aliphatic rings. The van der Waals surface area contributed by atoms with Gasteiger partial charge in [-0.3, -0.25) is 14.9 Å². The normalized spacial score (nSPS) is 16.4. The molecule has 2 rings (SSSR count). The molecule has 2 N–H and O–H groups in total. The van der Waals surface area contributed by atoms with Crippen molar-refractivity contribution < 1.29 is 14.5 Å². The number of quaternary nitrogens is 1. The van der Waals surface area contributed by atoms with Gasteiger partial charge in [0.25, 0.3) is 0 Å². The lowest BCUT2D eigenvalue weighted by molar-refractivity contribution is -0.902. The molecule has 0 aromatic carbocycles. The quantitative estimate of drug-likeness (QED) is 0.650. The SMILES string of the molecule is CC[NH+]1CCN(C(=O)C(=O)Nc2nnc(C)s2)CC1. The Morgan fingerprint density at radius 1 is 1.37 bits per heavy atom. The van der Waals surface area contributed by atoms with Crippen molar-refractivity contribution in [3.8, 4) is 0 Å². The van der Waals surface area contributed by atoms with Crippen molar-refractivity contribution in [2.75, 3.05) is 38.0 Å². The van der Waals surface area contributed by atoms with Crippen molar-refractivity contribution in [2.45, 2.75) is 13.8 Å². The van der Waals surface area contributed by atoms with Gasteiger partial charge in [0.05, 0.1) is 32.7 Å². The Balaban J connectivity index is 1.87. The maximum atomic E-state index is 12.0. The smallest absolute Gasteiger partial charge is 0.315 e. The summed E-state index contributed by atoms with van der Waals surface area (Å²) in [6.45, 7) is 8.02. The largest absolute Gasteiger partial charge is 0.332 e. The molecule has 19 heavy (non-hydrogen) atoms. The molecule has 1 fully saturated rings. The Morgan fingerprint density at radius 3 is 2.58 bits per heavy atom. The third kappa shape index (κ3) is 3.48. The number of rotatable bonds is 2. The standard InChI is InChI=1S/C11H17N5O2S/c1-3-15-4-6-16(7-5-15)10(18)9(17)12-11-14-13-8(2)19-11/h3-7H2,1-2H3,(H,12,14,17)/p+1. The second-order valence-electron chi connectivity index (χ2n) is 4.48. The fraction of sp³-hybridized carbons (Fsp3) is 0.636. The Morgan fingerprint density at radius 2 is 2.05 bits per heavy atom. The lowest BCUT2D eigenvalue weighted by Gasteiger charge is -2.30. The molecule has 0 aliphatic carbocycles. The summed E-state index contributed by atoms with van der Waals surface area (Å²) in [6, 6.07) is 0. The fourth-order valence-corrected chi connectivity index (χ4v) is 2.61. The van der Waals surface area contributed by atoms with Gasteiger partial charge < -0.3 is 9.80 Å². The highest BCUT2D eigenvalue weighted by Gasteiger charge is 2.27. The Kier molecular flexibility index (Phi) is 4.43. The number of piperazine rings is 1. The molecule has 7 nitrogen and oxygen atoms in total. The molecule has 2 amide bonds. The van der Waals surface area contributed by atoms with Crippen LogP contribution < -0.4 is 10.2 Å². The number of aryl methyl sites for hydroxylation is 1. The van der Waals surface area contributed by atoms with Crippen molar-refractivity contribution in [1.82, 2.24) is 15.1 Å². The molecule has 0 bridgehead atoms. The van der Waals surface area contributed by atoms with E-state index in [4.69, 9.17) is 0 Å². The first-order valence-corrected chi connectivity index (χ1v) is 7.15. The van der Waals surface area contributed by atoms with Crippen LogP contribution in [0.2, 0.25) is 0 Å². The Hall–Kier alpha value is -1.54. The number of hydrogen-bond donors (Lipinski definition) is 2. The van der Waals surface area contributed by atoms with Crippen LogP contribution >= 0.6 is 11.3 Å². The number of anilines is 1. The van der Waals surface area contributed by atoms with Gasteiger partial charge in [0.2, 0.25) is 5.13 Å². The molecule has 0 unspecified atom stereocenters. The van der Waals surface area contributed by atoms with Gasteiger partial charge in [0.1, 0.15) is 5.01 Å².